The molecular formula is C20H22ClFN2S. The van der Waals surface area contributed by atoms with Gasteiger partial charge in [0.25, 0.3) is 0 Å². The Bertz CT molecular complexity index is 689. The van der Waals surface area contributed by atoms with E-state index in [1.165, 1.54) is 35.4 Å². The highest BCUT2D eigenvalue weighted by molar-refractivity contribution is 8.00. The van der Waals surface area contributed by atoms with Crippen molar-refractivity contribution in [3.63, 3.8) is 0 Å². The van der Waals surface area contributed by atoms with E-state index in [-0.39, 0.29) is 18.2 Å². The number of halogens is 2. The zero-order chi connectivity index (χ0) is 16.8. The van der Waals surface area contributed by atoms with E-state index in [0.29, 0.717) is 5.25 Å². The molecule has 0 atom stereocenters. The summed E-state index contributed by atoms with van der Waals surface area (Å²) in [7, 11) is 0. The third-order valence-electron chi connectivity index (χ3n) is 4.45. The van der Waals surface area contributed by atoms with Crippen LogP contribution in [0.25, 0.3) is 0 Å². The fraction of sp³-hybridized carbons (Fsp3) is 0.350. The van der Waals surface area contributed by atoms with Crippen LogP contribution in [-0.4, -0.2) is 29.8 Å². The molecule has 0 aromatic heterocycles. The monoisotopic (exact) mass is 376 g/mol. The molecule has 1 fully saturated rings. The van der Waals surface area contributed by atoms with Crippen LogP contribution in [0.4, 0.5) is 4.39 Å². The summed E-state index contributed by atoms with van der Waals surface area (Å²) in [4.78, 5) is 3.75. The molecule has 3 rings (SSSR count). The van der Waals surface area contributed by atoms with Gasteiger partial charge in [0.05, 0.1) is 11.6 Å². The van der Waals surface area contributed by atoms with Crippen LogP contribution in [0.1, 0.15) is 24.0 Å². The van der Waals surface area contributed by atoms with Crippen LogP contribution in [0.5, 0.6) is 0 Å². The Hall–Kier alpha value is -1.54. The molecule has 0 radical (unpaired) electrons. The van der Waals surface area contributed by atoms with Gasteiger partial charge in [-0.3, -0.25) is 0 Å². The number of thioether (sulfide) groups is 1. The molecule has 1 saturated heterocycles. The maximum atomic E-state index is 12.9. The number of nitrogens with zero attached hydrogens (tertiary/aromatic N) is 2. The summed E-state index contributed by atoms with van der Waals surface area (Å²) in [6.45, 7) is 3.28. The number of nitriles is 1. The molecule has 2 nitrogen and oxygen atoms in total. The number of hydrogen-bond acceptors (Lipinski definition) is 3. The molecule has 1 heterocycles. The first-order chi connectivity index (χ1) is 11.7. The second-order valence-corrected chi connectivity index (χ2v) is 7.55. The SMILES string of the molecule is Cl.N#Cc1ccc(SC2CCN(CCc3ccc(F)cc3)CC2)cc1. The second kappa shape index (κ2) is 9.82. The van der Waals surface area contributed by atoms with Crippen LogP contribution >= 0.6 is 24.2 Å². The van der Waals surface area contributed by atoms with Gasteiger partial charge in [-0.25, -0.2) is 4.39 Å². The van der Waals surface area contributed by atoms with Gasteiger partial charge in [-0.1, -0.05) is 12.1 Å². The quantitative estimate of drug-likeness (QED) is 0.741. The molecular weight excluding hydrogens is 355 g/mol. The lowest BCUT2D eigenvalue weighted by Gasteiger charge is -2.31. The van der Waals surface area contributed by atoms with Crippen molar-refractivity contribution in [2.75, 3.05) is 19.6 Å². The molecule has 25 heavy (non-hydrogen) atoms. The van der Waals surface area contributed by atoms with Crippen molar-refractivity contribution in [2.24, 2.45) is 0 Å². The highest BCUT2D eigenvalue weighted by atomic mass is 35.5. The minimum absolute atomic E-state index is 0. The van der Waals surface area contributed by atoms with Gasteiger partial charge >= 0.3 is 0 Å². The highest BCUT2D eigenvalue weighted by Gasteiger charge is 2.19. The molecule has 132 valence electrons. The third-order valence-corrected chi connectivity index (χ3v) is 5.80. The molecule has 2 aromatic rings. The van der Waals surface area contributed by atoms with Gasteiger partial charge in [0.15, 0.2) is 0 Å². The maximum absolute atomic E-state index is 12.9. The van der Waals surface area contributed by atoms with Gasteiger partial charge in [0, 0.05) is 16.7 Å². The minimum Gasteiger partial charge on any atom is -0.303 e. The second-order valence-electron chi connectivity index (χ2n) is 6.17. The molecule has 0 unspecified atom stereocenters. The molecule has 0 spiro atoms. The Morgan fingerprint density at radius 2 is 1.68 bits per heavy atom. The van der Waals surface area contributed by atoms with Gasteiger partial charge in [-0.05, 0) is 74.3 Å². The summed E-state index contributed by atoms with van der Waals surface area (Å²) in [6.07, 6.45) is 3.36. The van der Waals surface area contributed by atoms with E-state index in [0.717, 1.165) is 31.6 Å². The van der Waals surface area contributed by atoms with Crippen molar-refractivity contribution in [3.8, 4) is 6.07 Å². The van der Waals surface area contributed by atoms with E-state index < -0.39 is 0 Å². The number of piperidine rings is 1. The lowest BCUT2D eigenvalue weighted by atomic mass is 10.1. The average molecular weight is 377 g/mol. The largest absolute Gasteiger partial charge is 0.303 e. The van der Waals surface area contributed by atoms with Crippen LogP contribution in [-0.2, 0) is 6.42 Å². The van der Waals surface area contributed by atoms with E-state index >= 15 is 0 Å². The van der Waals surface area contributed by atoms with E-state index in [1.54, 1.807) is 0 Å². The van der Waals surface area contributed by atoms with Crippen LogP contribution in [0.3, 0.4) is 0 Å². The lowest BCUT2D eigenvalue weighted by molar-refractivity contribution is 0.235. The zero-order valence-corrected chi connectivity index (χ0v) is 15.7. The summed E-state index contributed by atoms with van der Waals surface area (Å²) < 4.78 is 12.9. The molecule has 0 N–H and O–H groups in total. The number of rotatable bonds is 5. The van der Waals surface area contributed by atoms with Crippen molar-refractivity contribution in [1.82, 2.24) is 4.90 Å². The Kier molecular flexibility index (Phi) is 7.77. The molecule has 0 amide bonds. The van der Waals surface area contributed by atoms with Gasteiger partial charge < -0.3 is 4.90 Å². The first kappa shape index (κ1) is 19.8. The maximum Gasteiger partial charge on any atom is 0.123 e. The smallest absolute Gasteiger partial charge is 0.123 e. The number of benzene rings is 2. The minimum atomic E-state index is -0.167. The first-order valence-electron chi connectivity index (χ1n) is 8.36. The Morgan fingerprint density at radius 3 is 2.28 bits per heavy atom. The van der Waals surface area contributed by atoms with E-state index in [9.17, 15) is 4.39 Å². The van der Waals surface area contributed by atoms with E-state index in [1.807, 2.05) is 48.2 Å². The van der Waals surface area contributed by atoms with E-state index in [4.69, 9.17) is 5.26 Å². The molecule has 1 aliphatic rings. The third kappa shape index (κ3) is 6.04. The average Bonchev–Trinajstić information content (AvgIpc) is 2.63. The van der Waals surface area contributed by atoms with Crippen LogP contribution in [0.2, 0.25) is 0 Å². The van der Waals surface area contributed by atoms with Gasteiger partial charge in [-0.15, -0.1) is 24.2 Å². The first-order valence-corrected chi connectivity index (χ1v) is 9.24. The van der Waals surface area contributed by atoms with Gasteiger partial charge in [0.1, 0.15) is 5.82 Å². The fourth-order valence-electron chi connectivity index (χ4n) is 2.99. The summed E-state index contributed by atoms with van der Waals surface area (Å²) in [5.41, 5.74) is 1.92. The van der Waals surface area contributed by atoms with Crippen molar-refractivity contribution in [3.05, 3.63) is 65.5 Å². The van der Waals surface area contributed by atoms with Crippen LogP contribution < -0.4 is 0 Å². The standard InChI is InChI=1S/C20H21FN2S.ClH/c21-18-5-1-16(2-6-18)9-12-23-13-10-20(11-14-23)24-19-7-3-17(15-22)4-8-19;/h1-8,20H,9-14H2;1H. The highest BCUT2D eigenvalue weighted by Crippen LogP contribution is 2.30. The molecule has 5 heteroatoms. The van der Waals surface area contributed by atoms with Gasteiger partial charge in [-0.2, -0.15) is 5.26 Å². The van der Waals surface area contributed by atoms with Crippen molar-refractivity contribution in [2.45, 2.75) is 29.4 Å². The lowest BCUT2D eigenvalue weighted by Crippen LogP contribution is -2.36. The molecule has 0 saturated carbocycles. The van der Waals surface area contributed by atoms with Crippen molar-refractivity contribution < 1.29 is 4.39 Å². The van der Waals surface area contributed by atoms with Gasteiger partial charge in [0.2, 0.25) is 0 Å². The molecule has 1 aliphatic heterocycles. The zero-order valence-electron chi connectivity index (χ0n) is 14.0. The Morgan fingerprint density at radius 1 is 1.04 bits per heavy atom. The summed E-state index contributed by atoms with van der Waals surface area (Å²) in [5, 5.41) is 9.50. The molecule has 0 bridgehead atoms. The molecule has 0 aliphatic carbocycles. The molecule has 2 aromatic carbocycles. The predicted octanol–water partition coefficient (Wildman–Crippen LogP) is 4.92. The Balaban J connectivity index is 0.00000225. The summed E-state index contributed by atoms with van der Waals surface area (Å²) in [6, 6.07) is 16.9. The van der Waals surface area contributed by atoms with E-state index in [2.05, 4.69) is 11.0 Å². The normalized spacial score (nSPS) is 15.4. The number of hydrogen-bond donors (Lipinski definition) is 0. The summed E-state index contributed by atoms with van der Waals surface area (Å²) >= 11 is 1.92. The number of likely N-dealkylation sites (tertiary alicyclic amines) is 1. The van der Waals surface area contributed by atoms with Crippen molar-refractivity contribution >= 4 is 24.2 Å². The van der Waals surface area contributed by atoms with Crippen molar-refractivity contribution in [1.29, 1.82) is 5.26 Å². The Labute approximate surface area is 159 Å². The fourth-order valence-corrected chi connectivity index (χ4v) is 4.11. The predicted molar refractivity (Wildman–Crippen MR) is 104 cm³/mol. The van der Waals surface area contributed by atoms with Crippen LogP contribution in [0, 0.1) is 17.1 Å². The summed E-state index contributed by atoms with van der Waals surface area (Å²) in [5.74, 6) is -0.167. The van der Waals surface area contributed by atoms with Crippen LogP contribution in [0.15, 0.2) is 53.4 Å². The topological polar surface area (TPSA) is 27.0 Å².